The van der Waals surface area contributed by atoms with E-state index in [4.69, 9.17) is 0 Å². The quantitative estimate of drug-likeness (QED) is 0.869. The highest BCUT2D eigenvalue weighted by molar-refractivity contribution is 7.17. The van der Waals surface area contributed by atoms with Gasteiger partial charge in [-0.2, -0.15) is 0 Å². The number of rotatable bonds is 1. The lowest BCUT2D eigenvalue weighted by Crippen LogP contribution is -2.45. The van der Waals surface area contributed by atoms with Gasteiger partial charge in [0.1, 0.15) is 0 Å². The van der Waals surface area contributed by atoms with Gasteiger partial charge >= 0.3 is 0 Å². The first-order valence-corrected chi connectivity index (χ1v) is 7.43. The van der Waals surface area contributed by atoms with Crippen LogP contribution in [0.15, 0.2) is 29.6 Å². The molecule has 0 atom stereocenters. The summed E-state index contributed by atoms with van der Waals surface area (Å²) in [6, 6.07) is 7.99. The van der Waals surface area contributed by atoms with Gasteiger partial charge in [-0.25, -0.2) is 0 Å². The van der Waals surface area contributed by atoms with Gasteiger partial charge in [-0.1, -0.05) is 18.2 Å². The highest BCUT2D eigenvalue weighted by atomic mass is 32.1. The third kappa shape index (κ3) is 2.38. The molecule has 0 radical (unpaired) electrons. The highest BCUT2D eigenvalue weighted by Gasteiger charge is 2.30. The Morgan fingerprint density at radius 2 is 2.00 bits per heavy atom. The van der Waals surface area contributed by atoms with Crippen LogP contribution in [0.25, 0.3) is 10.1 Å². The minimum Gasteiger partial charge on any atom is -0.390 e. The van der Waals surface area contributed by atoms with Crippen LogP contribution in [0.5, 0.6) is 0 Å². The number of amides is 1. The van der Waals surface area contributed by atoms with Gasteiger partial charge in [-0.3, -0.25) is 4.79 Å². The lowest BCUT2D eigenvalue weighted by atomic mass is 9.93. The van der Waals surface area contributed by atoms with E-state index in [0.717, 1.165) is 15.6 Å². The summed E-state index contributed by atoms with van der Waals surface area (Å²) < 4.78 is 1.15. The van der Waals surface area contributed by atoms with Gasteiger partial charge < -0.3 is 10.0 Å². The van der Waals surface area contributed by atoms with Crippen molar-refractivity contribution in [1.29, 1.82) is 0 Å². The molecule has 1 saturated heterocycles. The minimum absolute atomic E-state index is 0.0907. The van der Waals surface area contributed by atoms with Crippen molar-refractivity contribution in [2.24, 2.45) is 0 Å². The summed E-state index contributed by atoms with van der Waals surface area (Å²) in [7, 11) is 0. The number of carbonyl (C=O) groups excluding carboxylic acids is 1. The largest absolute Gasteiger partial charge is 0.390 e. The highest BCUT2D eigenvalue weighted by Crippen LogP contribution is 2.28. The Morgan fingerprint density at radius 1 is 1.32 bits per heavy atom. The van der Waals surface area contributed by atoms with Crippen molar-refractivity contribution >= 4 is 27.3 Å². The number of hydrogen-bond acceptors (Lipinski definition) is 3. The molecular formula is C15H17NO2S. The van der Waals surface area contributed by atoms with Gasteiger partial charge in [0, 0.05) is 28.6 Å². The lowest BCUT2D eigenvalue weighted by Gasteiger charge is -2.35. The number of fused-ring (bicyclic) bond motifs is 1. The number of hydrogen-bond donors (Lipinski definition) is 1. The molecule has 0 unspecified atom stereocenters. The molecule has 3 nitrogen and oxygen atoms in total. The topological polar surface area (TPSA) is 40.5 Å². The Bertz CT molecular complexity index is 607. The third-order valence-electron chi connectivity index (χ3n) is 3.84. The van der Waals surface area contributed by atoms with Crippen molar-refractivity contribution in [3.8, 4) is 0 Å². The SMILES string of the molecule is CC1(O)CCN(C(=O)c2csc3ccccc23)CC1. The Morgan fingerprint density at radius 3 is 2.74 bits per heavy atom. The number of nitrogens with zero attached hydrogens (tertiary/aromatic N) is 1. The number of carbonyl (C=O) groups is 1. The second kappa shape index (κ2) is 4.62. The molecule has 0 bridgehead atoms. The molecule has 1 aliphatic rings. The first-order valence-electron chi connectivity index (χ1n) is 6.55. The molecule has 0 saturated carbocycles. The van der Waals surface area contributed by atoms with Gasteiger partial charge in [-0.05, 0) is 25.8 Å². The van der Waals surface area contributed by atoms with Crippen molar-refractivity contribution < 1.29 is 9.90 Å². The predicted octanol–water partition coefficient (Wildman–Crippen LogP) is 2.89. The van der Waals surface area contributed by atoms with Crippen LogP contribution in [0.3, 0.4) is 0 Å². The first kappa shape index (κ1) is 12.6. The maximum absolute atomic E-state index is 12.5. The molecule has 1 aromatic heterocycles. The molecule has 1 N–H and O–H groups in total. The maximum Gasteiger partial charge on any atom is 0.255 e. The molecule has 1 fully saturated rings. The second-order valence-corrected chi connectivity index (χ2v) is 6.35. The summed E-state index contributed by atoms with van der Waals surface area (Å²) in [6.07, 6.45) is 1.31. The van der Waals surface area contributed by atoms with Crippen molar-refractivity contribution in [3.05, 3.63) is 35.2 Å². The summed E-state index contributed by atoms with van der Waals surface area (Å²) >= 11 is 1.61. The van der Waals surface area contributed by atoms with Crippen LogP contribution < -0.4 is 0 Å². The minimum atomic E-state index is -0.618. The zero-order valence-corrected chi connectivity index (χ0v) is 11.7. The molecule has 4 heteroatoms. The fourth-order valence-corrected chi connectivity index (χ4v) is 3.44. The average Bonchev–Trinajstić information content (AvgIpc) is 2.82. The molecule has 0 spiro atoms. The Hall–Kier alpha value is -1.39. The summed E-state index contributed by atoms with van der Waals surface area (Å²) in [5.74, 6) is 0.0907. The molecule has 0 aliphatic carbocycles. The summed E-state index contributed by atoms with van der Waals surface area (Å²) in [6.45, 7) is 3.11. The van der Waals surface area contributed by atoms with Crippen LogP contribution in [0, 0.1) is 0 Å². The van der Waals surface area contributed by atoms with Crippen LogP contribution in [-0.2, 0) is 0 Å². The maximum atomic E-state index is 12.5. The normalized spacial score (nSPS) is 18.7. The van der Waals surface area contributed by atoms with E-state index in [9.17, 15) is 9.90 Å². The van der Waals surface area contributed by atoms with E-state index in [1.54, 1.807) is 11.3 Å². The molecule has 19 heavy (non-hydrogen) atoms. The molecule has 1 aromatic carbocycles. The van der Waals surface area contributed by atoms with Crippen LogP contribution in [0.1, 0.15) is 30.1 Å². The molecule has 2 aromatic rings. The van der Waals surface area contributed by atoms with Crippen molar-refractivity contribution in [3.63, 3.8) is 0 Å². The van der Waals surface area contributed by atoms with Crippen LogP contribution in [0.2, 0.25) is 0 Å². The number of thiophene rings is 1. The van der Waals surface area contributed by atoms with E-state index >= 15 is 0 Å². The summed E-state index contributed by atoms with van der Waals surface area (Å²) in [5.41, 5.74) is 0.176. The Balaban J connectivity index is 1.85. The van der Waals surface area contributed by atoms with Gasteiger partial charge in [-0.15, -0.1) is 11.3 Å². The average molecular weight is 275 g/mol. The zero-order chi connectivity index (χ0) is 13.5. The lowest BCUT2D eigenvalue weighted by molar-refractivity contribution is -0.00195. The standard InChI is InChI=1S/C15H17NO2S/c1-15(18)6-8-16(9-7-15)14(17)12-10-19-13-5-3-2-4-11(12)13/h2-5,10,18H,6-9H2,1H3. The molecular weight excluding hydrogens is 258 g/mol. The van der Waals surface area contributed by atoms with E-state index in [-0.39, 0.29) is 5.91 Å². The van der Waals surface area contributed by atoms with Crippen LogP contribution in [0.4, 0.5) is 0 Å². The van der Waals surface area contributed by atoms with Crippen LogP contribution in [-0.4, -0.2) is 34.6 Å². The fraction of sp³-hybridized carbons (Fsp3) is 0.400. The predicted molar refractivity (Wildman–Crippen MR) is 77.6 cm³/mol. The second-order valence-electron chi connectivity index (χ2n) is 5.43. The zero-order valence-electron chi connectivity index (χ0n) is 10.9. The van der Waals surface area contributed by atoms with Crippen LogP contribution >= 0.6 is 11.3 Å². The van der Waals surface area contributed by atoms with Gasteiger partial charge in [0.2, 0.25) is 0 Å². The molecule has 1 aliphatic heterocycles. The van der Waals surface area contributed by atoms with Crippen molar-refractivity contribution in [2.75, 3.05) is 13.1 Å². The smallest absolute Gasteiger partial charge is 0.255 e. The number of likely N-dealkylation sites (tertiary alicyclic amines) is 1. The third-order valence-corrected chi connectivity index (χ3v) is 4.80. The Labute approximate surface area is 116 Å². The van der Waals surface area contributed by atoms with E-state index in [2.05, 4.69) is 0 Å². The summed E-state index contributed by atoms with van der Waals surface area (Å²) in [4.78, 5) is 14.4. The molecule has 1 amide bonds. The summed E-state index contributed by atoms with van der Waals surface area (Å²) in [5, 5.41) is 12.9. The van der Waals surface area contributed by atoms with E-state index in [1.807, 2.05) is 41.5 Å². The van der Waals surface area contributed by atoms with Crippen molar-refractivity contribution in [1.82, 2.24) is 4.90 Å². The molecule has 2 heterocycles. The van der Waals surface area contributed by atoms with E-state index < -0.39 is 5.60 Å². The molecule has 3 rings (SSSR count). The van der Waals surface area contributed by atoms with Gasteiger partial charge in [0.15, 0.2) is 0 Å². The van der Waals surface area contributed by atoms with Crippen molar-refractivity contribution in [2.45, 2.75) is 25.4 Å². The first-order chi connectivity index (χ1) is 9.07. The number of piperidine rings is 1. The monoisotopic (exact) mass is 275 g/mol. The number of benzene rings is 1. The molecule has 100 valence electrons. The van der Waals surface area contributed by atoms with Gasteiger partial charge in [0.25, 0.3) is 5.91 Å². The Kier molecular flexibility index (Phi) is 3.07. The van der Waals surface area contributed by atoms with E-state index in [1.165, 1.54) is 0 Å². The van der Waals surface area contributed by atoms with E-state index in [0.29, 0.717) is 25.9 Å². The fourth-order valence-electron chi connectivity index (χ4n) is 2.51. The number of aliphatic hydroxyl groups is 1. The van der Waals surface area contributed by atoms with Gasteiger partial charge in [0.05, 0.1) is 11.2 Å².